The van der Waals surface area contributed by atoms with Gasteiger partial charge < -0.3 is 16.2 Å². The summed E-state index contributed by atoms with van der Waals surface area (Å²) in [6.45, 7) is 1.91. The predicted octanol–water partition coefficient (Wildman–Crippen LogP) is 0.829. The number of aliphatic hydroxyl groups is 1. The normalized spacial score (nSPS) is 10.2. The van der Waals surface area contributed by atoms with Crippen molar-refractivity contribution in [2.75, 3.05) is 18.9 Å². The highest BCUT2D eigenvalue weighted by Crippen LogP contribution is 2.17. The van der Waals surface area contributed by atoms with Gasteiger partial charge in [-0.3, -0.25) is 4.79 Å². The molecule has 0 aromatic heterocycles. The van der Waals surface area contributed by atoms with Crippen LogP contribution >= 0.6 is 0 Å². The number of anilines is 1. The molecule has 1 amide bonds. The van der Waals surface area contributed by atoms with Crippen molar-refractivity contribution in [2.24, 2.45) is 0 Å². The van der Waals surface area contributed by atoms with Crippen LogP contribution in [0, 0.1) is 12.7 Å². The first-order chi connectivity index (χ1) is 7.56. The minimum atomic E-state index is -0.493. The maximum atomic E-state index is 13.3. The molecule has 0 aliphatic rings. The van der Waals surface area contributed by atoms with E-state index in [4.69, 9.17) is 10.8 Å². The van der Waals surface area contributed by atoms with Gasteiger partial charge >= 0.3 is 0 Å². The summed E-state index contributed by atoms with van der Waals surface area (Å²) < 4.78 is 13.3. The molecule has 0 aliphatic carbocycles. The summed E-state index contributed by atoms with van der Waals surface area (Å²) in [4.78, 5) is 11.5. The molecular formula is C11H15FN2O2. The molecule has 0 saturated heterocycles. The van der Waals surface area contributed by atoms with Crippen LogP contribution in [0.4, 0.5) is 10.1 Å². The van der Waals surface area contributed by atoms with Gasteiger partial charge in [0.1, 0.15) is 5.82 Å². The molecule has 4 nitrogen and oxygen atoms in total. The van der Waals surface area contributed by atoms with Crippen LogP contribution < -0.4 is 11.1 Å². The van der Waals surface area contributed by atoms with E-state index in [1.807, 2.05) is 0 Å². The van der Waals surface area contributed by atoms with Crippen molar-refractivity contribution >= 4 is 11.6 Å². The predicted molar refractivity (Wildman–Crippen MR) is 59.6 cm³/mol. The van der Waals surface area contributed by atoms with Crippen molar-refractivity contribution in [3.8, 4) is 0 Å². The lowest BCUT2D eigenvalue weighted by Gasteiger charge is -2.07. The molecule has 0 saturated carbocycles. The van der Waals surface area contributed by atoms with Crippen LogP contribution in [0.2, 0.25) is 0 Å². The Kier molecular flexibility index (Phi) is 4.25. The number of amides is 1. The quantitative estimate of drug-likeness (QED) is 0.525. The van der Waals surface area contributed by atoms with Crippen LogP contribution in [-0.4, -0.2) is 24.2 Å². The van der Waals surface area contributed by atoms with E-state index >= 15 is 0 Å². The lowest BCUT2D eigenvalue weighted by molar-refractivity contribution is 0.0950. The fraction of sp³-hybridized carbons (Fsp3) is 0.364. The third-order valence-electron chi connectivity index (χ3n) is 2.27. The van der Waals surface area contributed by atoms with Gasteiger partial charge in [-0.25, -0.2) is 4.39 Å². The maximum absolute atomic E-state index is 13.3. The molecule has 4 N–H and O–H groups in total. The molecule has 0 aliphatic heterocycles. The van der Waals surface area contributed by atoms with Gasteiger partial charge in [-0.15, -0.1) is 0 Å². The Hall–Kier alpha value is -1.62. The maximum Gasteiger partial charge on any atom is 0.251 e. The van der Waals surface area contributed by atoms with Gasteiger partial charge in [0, 0.05) is 30.0 Å². The van der Waals surface area contributed by atoms with Crippen molar-refractivity contribution in [2.45, 2.75) is 13.3 Å². The van der Waals surface area contributed by atoms with E-state index < -0.39 is 5.82 Å². The average Bonchev–Trinajstić information content (AvgIpc) is 2.25. The Morgan fingerprint density at radius 1 is 1.56 bits per heavy atom. The van der Waals surface area contributed by atoms with Crippen LogP contribution in [0.25, 0.3) is 0 Å². The van der Waals surface area contributed by atoms with Gasteiger partial charge in [-0.1, -0.05) is 0 Å². The van der Waals surface area contributed by atoms with E-state index in [2.05, 4.69) is 5.32 Å². The molecule has 16 heavy (non-hydrogen) atoms. The number of nitrogens with two attached hydrogens (primary N) is 1. The number of hydrogen-bond donors (Lipinski definition) is 3. The van der Waals surface area contributed by atoms with Gasteiger partial charge in [0.05, 0.1) is 0 Å². The molecule has 0 atom stereocenters. The summed E-state index contributed by atoms with van der Waals surface area (Å²) in [7, 11) is 0. The monoisotopic (exact) mass is 226 g/mol. The number of nitrogen functional groups attached to an aromatic ring is 1. The second kappa shape index (κ2) is 5.46. The number of halogens is 1. The molecule has 0 spiro atoms. The highest BCUT2D eigenvalue weighted by molar-refractivity contribution is 5.95. The zero-order valence-corrected chi connectivity index (χ0v) is 9.09. The number of rotatable bonds is 4. The van der Waals surface area contributed by atoms with Gasteiger partial charge in [-0.05, 0) is 25.5 Å². The molecule has 0 bridgehead atoms. The first-order valence-corrected chi connectivity index (χ1v) is 5.01. The number of hydrogen-bond acceptors (Lipinski definition) is 3. The second-order valence-corrected chi connectivity index (χ2v) is 3.51. The molecule has 0 radical (unpaired) electrons. The molecule has 0 heterocycles. The fourth-order valence-electron chi connectivity index (χ4n) is 1.21. The Balaban J connectivity index is 2.76. The number of benzene rings is 1. The Morgan fingerprint density at radius 2 is 2.25 bits per heavy atom. The standard InChI is InChI=1S/C11H15FN2O2/c1-7-9(12)5-8(6-10(7)13)11(16)14-3-2-4-15/h5-6,15H,2-4,13H2,1H3,(H,14,16). The third-order valence-corrected chi connectivity index (χ3v) is 2.27. The molecular weight excluding hydrogens is 211 g/mol. The van der Waals surface area contributed by atoms with Crippen LogP contribution in [0.15, 0.2) is 12.1 Å². The molecule has 0 unspecified atom stereocenters. The van der Waals surface area contributed by atoms with Gasteiger partial charge in [0.2, 0.25) is 0 Å². The van der Waals surface area contributed by atoms with Crippen LogP contribution in [-0.2, 0) is 0 Å². The summed E-state index contributed by atoms with van der Waals surface area (Å²) >= 11 is 0. The third kappa shape index (κ3) is 2.93. The number of carbonyl (C=O) groups excluding carboxylic acids is 1. The number of carbonyl (C=O) groups is 1. The Bertz CT molecular complexity index is 371. The Labute approximate surface area is 93.3 Å². The van der Waals surface area contributed by atoms with Crippen molar-refractivity contribution in [3.63, 3.8) is 0 Å². The van der Waals surface area contributed by atoms with E-state index in [-0.39, 0.29) is 23.8 Å². The highest BCUT2D eigenvalue weighted by Gasteiger charge is 2.10. The molecule has 1 aromatic carbocycles. The second-order valence-electron chi connectivity index (χ2n) is 3.51. The summed E-state index contributed by atoms with van der Waals surface area (Å²) in [6.07, 6.45) is 0.468. The van der Waals surface area contributed by atoms with Crippen molar-refractivity contribution in [1.29, 1.82) is 0 Å². The summed E-state index contributed by atoms with van der Waals surface area (Å²) in [6, 6.07) is 2.59. The number of nitrogens with one attached hydrogen (secondary N) is 1. The molecule has 5 heteroatoms. The first kappa shape index (κ1) is 12.4. The molecule has 1 aromatic rings. The van der Waals surface area contributed by atoms with Crippen LogP contribution in [0.3, 0.4) is 0 Å². The van der Waals surface area contributed by atoms with Crippen molar-refractivity contribution < 1.29 is 14.3 Å². The minimum absolute atomic E-state index is 0.00464. The summed E-state index contributed by atoms with van der Waals surface area (Å²) in [5.41, 5.74) is 6.34. The van der Waals surface area contributed by atoms with Gasteiger partial charge in [-0.2, -0.15) is 0 Å². The highest BCUT2D eigenvalue weighted by atomic mass is 19.1. The SMILES string of the molecule is Cc1c(N)cc(C(=O)NCCCO)cc1F. The lowest BCUT2D eigenvalue weighted by atomic mass is 10.1. The minimum Gasteiger partial charge on any atom is -0.398 e. The fourth-order valence-corrected chi connectivity index (χ4v) is 1.21. The van der Waals surface area contributed by atoms with E-state index in [0.717, 1.165) is 6.07 Å². The smallest absolute Gasteiger partial charge is 0.251 e. The topological polar surface area (TPSA) is 75.4 Å². The zero-order chi connectivity index (χ0) is 12.1. The van der Waals surface area contributed by atoms with Crippen molar-refractivity contribution in [3.05, 3.63) is 29.1 Å². The van der Waals surface area contributed by atoms with E-state index in [1.54, 1.807) is 6.92 Å². The molecule has 1 rings (SSSR count). The van der Waals surface area contributed by atoms with Gasteiger partial charge in [0.25, 0.3) is 5.91 Å². The number of aliphatic hydroxyl groups excluding tert-OH is 1. The summed E-state index contributed by atoms with van der Waals surface area (Å²) in [5.74, 6) is -0.883. The van der Waals surface area contributed by atoms with E-state index in [9.17, 15) is 9.18 Å². The molecule has 88 valence electrons. The average molecular weight is 226 g/mol. The largest absolute Gasteiger partial charge is 0.398 e. The van der Waals surface area contributed by atoms with Crippen LogP contribution in [0.1, 0.15) is 22.3 Å². The Morgan fingerprint density at radius 3 is 2.81 bits per heavy atom. The lowest BCUT2D eigenvalue weighted by Crippen LogP contribution is -2.25. The van der Waals surface area contributed by atoms with E-state index in [1.165, 1.54) is 6.07 Å². The molecule has 0 fully saturated rings. The zero-order valence-electron chi connectivity index (χ0n) is 9.09. The van der Waals surface area contributed by atoms with Gasteiger partial charge in [0.15, 0.2) is 0 Å². The summed E-state index contributed by atoms with van der Waals surface area (Å²) in [5, 5.41) is 11.1. The van der Waals surface area contributed by atoms with E-state index in [0.29, 0.717) is 18.5 Å². The first-order valence-electron chi connectivity index (χ1n) is 5.01. The van der Waals surface area contributed by atoms with Crippen molar-refractivity contribution in [1.82, 2.24) is 5.32 Å². The van der Waals surface area contributed by atoms with Crippen LogP contribution in [0.5, 0.6) is 0 Å².